The van der Waals surface area contributed by atoms with Crippen molar-refractivity contribution in [3.05, 3.63) is 89.9 Å². The van der Waals surface area contributed by atoms with Crippen molar-refractivity contribution in [2.45, 2.75) is 32.6 Å². The van der Waals surface area contributed by atoms with Gasteiger partial charge < -0.3 is 16.0 Å². The van der Waals surface area contributed by atoms with Crippen LogP contribution < -0.4 is 10.6 Å². The number of anilines is 2. The van der Waals surface area contributed by atoms with Crippen LogP contribution >= 0.6 is 0 Å². The topological polar surface area (TPSA) is 99.5 Å². The van der Waals surface area contributed by atoms with E-state index in [-0.39, 0.29) is 0 Å². The first-order chi connectivity index (χ1) is 16.6. The second-order valence-corrected chi connectivity index (χ2v) is 8.40. The van der Waals surface area contributed by atoms with Crippen LogP contribution in [0.5, 0.6) is 0 Å². The van der Waals surface area contributed by atoms with E-state index in [0.717, 1.165) is 47.1 Å². The molecule has 34 heavy (non-hydrogen) atoms. The number of nitrogens with one attached hydrogen (secondary N) is 3. The lowest BCUT2D eigenvalue weighted by atomic mass is 10.1. The van der Waals surface area contributed by atoms with Gasteiger partial charge in [0.1, 0.15) is 5.82 Å². The van der Waals surface area contributed by atoms with E-state index in [0.29, 0.717) is 17.6 Å². The molecule has 7 heteroatoms. The van der Waals surface area contributed by atoms with Gasteiger partial charge in [-0.25, -0.2) is 4.98 Å². The van der Waals surface area contributed by atoms with Crippen LogP contribution in [-0.2, 0) is 6.42 Å². The molecule has 3 heterocycles. The molecule has 0 aliphatic carbocycles. The van der Waals surface area contributed by atoms with Gasteiger partial charge in [0.05, 0.1) is 17.2 Å². The monoisotopic (exact) mass is 451 g/mol. The molecule has 0 unspecified atom stereocenters. The highest BCUT2D eigenvalue weighted by Gasteiger charge is 2.07. The number of pyridine rings is 2. The molecule has 1 aromatic carbocycles. The summed E-state index contributed by atoms with van der Waals surface area (Å²) in [4.78, 5) is 9.23. The molecule has 0 fully saturated rings. The number of aryl methyl sites for hydroxylation is 1. The Hall–Kier alpha value is -4.13. The maximum Gasteiger partial charge on any atom is 0.154 e. The molecule has 0 radical (unpaired) electrons. The molecule has 7 nitrogen and oxygen atoms in total. The van der Waals surface area contributed by atoms with Crippen molar-refractivity contribution in [1.29, 1.82) is 5.41 Å². The van der Waals surface area contributed by atoms with Gasteiger partial charge >= 0.3 is 0 Å². The summed E-state index contributed by atoms with van der Waals surface area (Å²) in [7, 11) is 0. The number of aromatic nitrogens is 4. The lowest BCUT2D eigenvalue weighted by Crippen LogP contribution is -2.09. The Morgan fingerprint density at radius 1 is 1.00 bits per heavy atom. The van der Waals surface area contributed by atoms with Crippen LogP contribution in [0.4, 0.5) is 11.6 Å². The van der Waals surface area contributed by atoms with Crippen LogP contribution in [0.3, 0.4) is 0 Å². The Bertz CT molecular complexity index is 1280. The van der Waals surface area contributed by atoms with Gasteiger partial charge in [0.25, 0.3) is 0 Å². The molecule has 0 saturated carbocycles. The summed E-state index contributed by atoms with van der Waals surface area (Å²) in [5, 5.41) is 22.7. The third-order valence-electron chi connectivity index (χ3n) is 5.51. The van der Waals surface area contributed by atoms with Gasteiger partial charge in [-0.3, -0.25) is 4.98 Å². The third-order valence-corrected chi connectivity index (χ3v) is 5.51. The van der Waals surface area contributed by atoms with Gasteiger partial charge in [0, 0.05) is 36.3 Å². The maximum absolute atomic E-state index is 7.86. The van der Waals surface area contributed by atoms with Crippen LogP contribution in [0, 0.1) is 5.41 Å². The van der Waals surface area contributed by atoms with Crippen LogP contribution in [0.2, 0.25) is 0 Å². The summed E-state index contributed by atoms with van der Waals surface area (Å²) in [5.74, 6) is 1.69. The minimum Gasteiger partial charge on any atom is -0.390 e. The van der Waals surface area contributed by atoms with Gasteiger partial charge in [-0.1, -0.05) is 44.2 Å². The summed E-state index contributed by atoms with van der Waals surface area (Å²) in [6.07, 6.45) is 8.79. The fraction of sp³-hybridized carbons (Fsp3) is 0.222. The number of hydrogen-bond acceptors (Lipinski definition) is 7. The smallest absolute Gasteiger partial charge is 0.154 e. The maximum atomic E-state index is 7.86. The minimum atomic E-state index is 0.366. The normalized spacial score (nSPS) is 11.6. The third kappa shape index (κ3) is 6.01. The number of rotatable bonds is 10. The molecular weight excluding hydrogens is 422 g/mol. The Balaban J connectivity index is 1.44. The summed E-state index contributed by atoms with van der Waals surface area (Å²) < 4.78 is 0. The van der Waals surface area contributed by atoms with Crippen molar-refractivity contribution < 1.29 is 0 Å². The second kappa shape index (κ2) is 11.1. The largest absolute Gasteiger partial charge is 0.390 e. The molecular formula is C27H29N7. The highest BCUT2D eigenvalue weighted by molar-refractivity contribution is 6.08. The van der Waals surface area contributed by atoms with E-state index in [1.165, 1.54) is 11.8 Å². The molecule has 0 bridgehead atoms. The number of benzene rings is 1. The lowest BCUT2D eigenvalue weighted by molar-refractivity contribution is 0.753. The van der Waals surface area contributed by atoms with Gasteiger partial charge in [-0.2, -0.15) is 5.10 Å². The first-order valence-electron chi connectivity index (χ1n) is 11.5. The standard InChI is InChI=1S/C27H29N7/c1-19(2)21-14-27(34-31-18-21)33-26-11-10-24-25(32-26)13-22(17-30-24)23(15-28)16-29-12-6-9-20-7-4-3-5-8-20/h3-5,7-8,10-11,13-19,28-29H,6,9,12H2,1-2H3,(H,32,33,34)/b23-16+,28-15?. The molecule has 0 aliphatic heterocycles. The van der Waals surface area contributed by atoms with E-state index in [2.05, 4.69) is 63.9 Å². The lowest BCUT2D eigenvalue weighted by Gasteiger charge is -2.09. The SMILES string of the molecule is CC(C)c1cnnc(Nc2ccc3ncc(/C(C=N)=C/NCCCc4ccccc4)cc3n2)c1. The van der Waals surface area contributed by atoms with Crippen LogP contribution in [0.25, 0.3) is 16.6 Å². The van der Waals surface area contributed by atoms with Gasteiger partial charge in [0.15, 0.2) is 5.82 Å². The Labute approximate surface area is 199 Å². The zero-order valence-corrected chi connectivity index (χ0v) is 19.5. The number of allylic oxidation sites excluding steroid dienone is 1. The zero-order chi connectivity index (χ0) is 23.8. The second-order valence-electron chi connectivity index (χ2n) is 8.40. The number of hydrogen-bond donors (Lipinski definition) is 3. The minimum absolute atomic E-state index is 0.366. The van der Waals surface area contributed by atoms with Gasteiger partial charge in [-0.05, 0) is 54.2 Å². The van der Waals surface area contributed by atoms with Crippen molar-refractivity contribution in [2.24, 2.45) is 0 Å². The molecule has 4 rings (SSSR count). The van der Waals surface area contributed by atoms with E-state index >= 15 is 0 Å². The fourth-order valence-electron chi connectivity index (χ4n) is 3.55. The van der Waals surface area contributed by atoms with E-state index in [4.69, 9.17) is 10.4 Å². The van der Waals surface area contributed by atoms with Crippen molar-refractivity contribution in [3.63, 3.8) is 0 Å². The average molecular weight is 452 g/mol. The molecule has 3 N–H and O–H groups in total. The van der Waals surface area contributed by atoms with E-state index in [1.54, 1.807) is 12.4 Å². The predicted molar refractivity (Wildman–Crippen MR) is 138 cm³/mol. The zero-order valence-electron chi connectivity index (χ0n) is 19.5. The Morgan fingerprint density at radius 2 is 1.85 bits per heavy atom. The highest BCUT2D eigenvalue weighted by Crippen LogP contribution is 2.21. The Morgan fingerprint density at radius 3 is 2.65 bits per heavy atom. The van der Waals surface area contributed by atoms with E-state index < -0.39 is 0 Å². The van der Waals surface area contributed by atoms with Gasteiger partial charge in [0.2, 0.25) is 0 Å². The summed E-state index contributed by atoms with van der Waals surface area (Å²) >= 11 is 0. The van der Waals surface area contributed by atoms with Crippen molar-refractivity contribution >= 4 is 34.5 Å². The molecule has 0 atom stereocenters. The summed E-state index contributed by atoms with van der Waals surface area (Å²) in [6.45, 7) is 5.07. The van der Waals surface area contributed by atoms with Crippen LogP contribution in [0.15, 0.2) is 73.2 Å². The van der Waals surface area contributed by atoms with Crippen LogP contribution in [-0.4, -0.2) is 32.9 Å². The first-order valence-corrected chi connectivity index (χ1v) is 11.5. The molecule has 0 saturated heterocycles. The molecule has 0 amide bonds. The number of fused-ring (bicyclic) bond motifs is 1. The van der Waals surface area contributed by atoms with Crippen molar-refractivity contribution in [1.82, 2.24) is 25.5 Å². The fourth-order valence-corrected chi connectivity index (χ4v) is 3.55. The van der Waals surface area contributed by atoms with Crippen LogP contribution in [0.1, 0.15) is 42.9 Å². The van der Waals surface area contributed by atoms with Crippen molar-refractivity contribution in [2.75, 3.05) is 11.9 Å². The van der Waals surface area contributed by atoms with Gasteiger partial charge in [-0.15, -0.1) is 5.10 Å². The number of nitrogens with zero attached hydrogens (tertiary/aromatic N) is 4. The Kier molecular flexibility index (Phi) is 7.55. The summed E-state index contributed by atoms with van der Waals surface area (Å²) in [6, 6.07) is 18.2. The quantitative estimate of drug-likeness (QED) is 0.217. The average Bonchev–Trinajstić information content (AvgIpc) is 2.86. The van der Waals surface area contributed by atoms with E-state index in [1.807, 2.05) is 36.5 Å². The molecule has 172 valence electrons. The van der Waals surface area contributed by atoms with E-state index in [9.17, 15) is 0 Å². The first kappa shape index (κ1) is 23.0. The molecule has 0 spiro atoms. The predicted octanol–water partition coefficient (Wildman–Crippen LogP) is 5.50. The molecule has 3 aromatic heterocycles. The van der Waals surface area contributed by atoms with Crippen molar-refractivity contribution in [3.8, 4) is 0 Å². The summed E-state index contributed by atoms with van der Waals surface area (Å²) in [5.41, 5.74) is 5.56. The highest BCUT2D eigenvalue weighted by atomic mass is 15.2. The molecule has 4 aromatic rings. The molecule has 0 aliphatic rings.